The standard InChI is InChI=1S/C17H22N4O6/c1-27-17(24)11-4-14(21(25)26)16(18-7-11)19-12-5-13(6-12)20(9-15(22)23)8-10-2-3-10/h4,7,10,12-13H,2-3,5-6,8-9H2,1H3,(H,18,19)(H,22,23). The molecule has 3 rings (SSSR count). The van der Waals surface area contributed by atoms with Gasteiger partial charge in [0.05, 0.1) is 24.1 Å². The summed E-state index contributed by atoms with van der Waals surface area (Å²) in [5, 5.41) is 23.4. The Balaban J connectivity index is 1.62. The smallest absolute Gasteiger partial charge is 0.339 e. The van der Waals surface area contributed by atoms with Crippen molar-refractivity contribution < 1.29 is 24.4 Å². The minimum Gasteiger partial charge on any atom is -0.480 e. The Morgan fingerprint density at radius 1 is 1.44 bits per heavy atom. The van der Waals surface area contributed by atoms with E-state index < -0.39 is 16.9 Å². The number of hydrogen-bond acceptors (Lipinski definition) is 8. The lowest BCUT2D eigenvalue weighted by atomic mass is 9.85. The van der Waals surface area contributed by atoms with Crippen molar-refractivity contribution in [2.45, 2.75) is 37.8 Å². The van der Waals surface area contributed by atoms with E-state index >= 15 is 0 Å². The van der Waals surface area contributed by atoms with Crippen LogP contribution in [0.2, 0.25) is 0 Å². The van der Waals surface area contributed by atoms with E-state index in [1.807, 2.05) is 4.90 Å². The molecule has 1 aromatic rings. The molecule has 10 nitrogen and oxygen atoms in total. The monoisotopic (exact) mass is 378 g/mol. The number of aromatic nitrogens is 1. The first-order valence-corrected chi connectivity index (χ1v) is 8.82. The molecule has 2 fully saturated rings. The summed E-state index contributed by atoms with van der Waals surface area (Å²) in [4.78, 5) is 39.3. The average molecular weight is 378 g/mol. The van der Waals surface area contributed by atoms with Crippen molar-refractivity contribution in [1.29, 1.82) is 0 Å². The molecule has 0 aromatic carbocycles. The number of carboxylic acid groups (broad SMARTS) is 1. The Morgan fingerprint density at radius 2 is 2.15 bits per heavy atom. The van der Waals surface area contributed by atoms with Gasteiger partial charge in [0, 0.05) is 30.9 Å². The molecule has 0 saturated heterocycles. The first-order chi connectivity index (χ1) is 12.9. The third kappa shape index (κ3) is 4.70. The molecule has 0 bridgehead atoms. The number of anilines is 1. The number of esters is 1. The van der Waals surface area contributed by atoms with E-state index in [9.17, 15) is 19.7 Å². The Kier molecular flexibility index (Phi) is 5.54. The number of carbonyl (C=O) groups is 2. The number of rotatable bonds is 9. The molecule has 2 N–H and O–H groups in total. The summed E-state index contributed by atoms with van der Waals surface area (Å²) < 4.78 is 4.56. The van der Waals surface area contributed by atoms with Gasteiger partial charge in [-0.2, -0.15) is 0 Å². The molecule has 2 aliphatic carbocycles. The van der Waals surface area contributed by atoms with Crippen molar-refractivity contribution in [3.05, 3.63) is 27.9 Å². The molecule has 0 aliphatic heterocycles. The number of hydrogen-bond donors (Lipinski definition) is 2. The van der Waals surface area contributed by atoms with Crippen molar-refractivity contribution in [2.75, 3.05) is 25.5 Å². The van der Waals surface area contributed by atoms with E-state index in [2.05, 4.69) is 15.0 Å². The van der Waals surface area contributed by atoms with Gasteiger partial charge in [0.25, 0.3) is 0 Å². The van der Waals surface area contributed by atoms with E-state index in [1.165, 1.54) is 13.3 Å². The van der Waals surface area contributed by atoms with Gasteiger partial charge in [-0.3, -0.25) is 19.8 Å². The van der Waals surface area contributed by atoms with Gasteiger partial charge in [-0.15, -0.1) is 0 Å². The normalized spacial score (nSPS) is 21.4. The van der Waals surface area contributed by atoms with Gasteiger partial charge in [-0.1, -0.05) is 0 Å². The second-order valence-corrected chi connectivity index (χ2v) is 7.07. The van der Waals surface area contributed by atoms with E-state index in [-0.39, 0.29) is 35.7 Å². The van der Waals surface area contributed by atoms with Crippen molar-refractivity contribution in [3.8, 4) is 0 Å². The van der Waals surface area contributed by atoms with Crippen LogP contribution in [0.15, 0.2) is 12.3 Å². The fourth-order valence-corrected chi connectivity index (χ4v) is 3.28. The molecule has 0 atom stereocenters. The maximum absolute atomic E-state index is 11.5. The topological polar surface area (TPSA) is 135 Å². The number of pyridine rings is 1. The quantitative estimate of drug-likeness (QED) is 0.372. The molecule has 1 heterocycles. The molecular weight excluding hydrogens is 356 g/mol. The predicted octanol–water partition coefficient (Wildman–Crippen LogP) is 1.52. The van der Waals surface area contributed by atoms with Crippen LogP contribution in [0.5, 0.6) is 0 Å². The molecule has 0 spiro atoms. The van der Waals surface area contributed by atoms with E-state index in [0.29, 0.717) is 18.8 Å². The van der Waals surface area contributed by atoms with Gasteiger partial charge in [-0.25, -0.2) is 9.78 Å². The number of methoxy groups -OCH3 is 1. The molecule has 0 amide bonds. The molecule has 146 valence electrons. The summed E-state index contributed by atoms with van der Waals surface area (Å²) in [6, 6.07) is 1.26. The molecule has 2 aliphatic rings. The number of nitrogens with one attached hydrogen (secondary N) is 1. The van der Waals surface area contributed by atoms with Crippen LogP contribution in [0.25, 0.3) is 0 Å². The molecule has 10 heteroatoms. The summed E-state index contributed by atoms with van der Waals surface area (Å²) in [6.45, 7) is 0.802. The van der Waals surface area contributed by atoms with Gasteiger partial charge >= 0.3 is 17.6 Å². The lowest BCUT2D eigenvalue weighted by Gasteiger charge is -2.42. The highest BCUT2D eigenvalue weighted by Crippen LogP contribution is 2.35. The van der Waals surface area contributed by atoms with Crippen molar-refractivity contribution in [3.63, 3.8) is 0 Å². The second-order valence-electron chi connectivity index (χ2n) is 7.07. The summed E-state index contributed by atoms with van der Waals surface area (Å²) in [7, 11) is 1.19. The highest BCUT2D eigenvalue weighted by molar-refractivity contribution is 5.90. The van der Waals surface area contributed by atoms with Gasteiger partial charge in [0.2, 0.25) is 5.82 Å². The predicted molar refractivity (Wildman–Crippen MR) is 94.6 cm³/mol. The highest BCUT2D eigenvalue weighted by Gasteiger charge is 2.38. The van der Waals surface area contributed by atoms with Gasteiger partial charge in [0.1, 0.15) is 0 Å². The van der Waals surface area contributed by atoms with Gasteiger partial charge < -0.3 is 15.2 Å². The Labute approximate surface area is 155 Å². The maximum atomic E-state index is 11.5. The number of nitrogens with zero attached hydrogens (tertiary/aromatic N) is 3. The number of aliphatic carboxylic acids is 1. The summed E-state index contributed by atoms with van der Waals surface area (Å²) >= 11 is 0. The molecule has 27 heavy (non-hydrogen) atoms. The molecular formula is C17H22N4O6. The number of ether oxygens (including phenoxy) is 1. The molecule has 0 radical (unpaired) electrons. The Hall–Kier alpha value is -2.75. The van der Waals surface area contributed by atoms with Crippen molar-refractivity contribution >= 4 is 23.4 Å². The van der Waals surface area contributed by atoms with E-state index in [0.717, 1.165) is 25.5 Å². The van der Waals surface area contributed by atoms with Crippen LogP contribution in [0.4, 0.5) is 11.5 Å². The molecule has 0 unspecified atom stereocenters. The fraction of sp³-hybridized carbons (Fsp3) is 0.588. The summed E-state index contributed by atoms with van der Waals surface area (Å²) in [5.41, 5.74) is -0.278. The fourth-order valence-electron chi connectivity index (χ4n) is 3.28. The zero-order chi connectivity index (χ0) is 19.6. The first kappa shape index (κ1) is 19.0. The number of carbonyl (C=O) groups excluding carboxylic acids is 1. The lowest BCUT2D eigenvalue weighted by molar-refractivity contribution is -0.384. The van der Waals surface area contributed by atoms with Crippen LogP contribution < -0.4 is 5.32 Å². The van der Waals surface area contributed by atoms with Crippen LogP contribution in [0, 0.1) is 16.0 Å². The Bertz CT molecular complexity index is 745. The largest absolute Gasteiger partial charge is 0.480 e. The van der Waals surface area contributed by atoms with Crippen molar-refractivity contribution in [2.24, 2.45) is 5.92 Å². The minimum atomic E-state index is -0.845. The zero-order valence-corrected chi connectivity index (χ0v) is 15.0. The number of nitro groups is 1. The van der Waals surface area contributed by atoms with Crippen LogP contribution >= 0.6 is 0 Å². The van der Waals surface area contributed by atoms with Crippen LogP contribution in [-0.2, 0) is 9.53 Å². The summed E-state index contributed by atoms with van der Waals surface area (Å²) in [5.74, 6) is -0.846. The van der Waals surface area contributed by atoms with E-state index in [4.69, 9.17) is 5.11 Å². The SMILES string of the molecule is COC(=O)c1cnc(NC2CC(N(CC(=O)O)CC3CC3)C2)c([N+](=O)[O-])c1. The van der Waals surface area contributed by atoms with Crippen LogP contribution in [0.3, 0.4) is 0 Å². The van der Waals surface area contributed by atoms with Gasteiger partial charge in [-0.05, 0) is 31.6 Å². The maximum Gasteiger partial charge on any atom is 0.339 e. The minimum absolute atomic E-state index is 0.0123. The number of carboxylic acids is 1. The Morgan fingerprint density at radius 3 is 2.70 bits per heavy atom. The van der Waals surface area contributed by atoms with Gasteiger partial charge in [0.15, 0.2) is 0 Å². The highest BCUT2D eigenvalue weighted by atomic mass is 16.6. The first-order valence-electron chi connectivity index (χ1n) is 8.82. The lowest BCUT2D eigenvalue weighted by Crippen LogP contribution is -2.52. The average Bonchev–Trinajstić information content (AvgIpc) is 3.40. The molecule has 2 saturated carbocycles. The third-order valence-corrected chi connectivity index (χ3v) is 4.98. The zero-order valence-electron chi connectivity index (χ0n) is 15.0. The van der Waals surface area contributed by atoms with Crippen molar-refractivity contribution in [1.82, 2.24) is 9.88 Å². The third-order valence-electron chi connectivity index (χ3n) is 4.98. The second kappa shape index (κ2) is 7.87. The molecule has 1 aromatic heterocycles. The van der Waals surface area contributed by atoms with Crippen LogP contribution in [-0.4, -0.2) is 64.1 Å². The summed E-state index contributed by atoms with van der Waals surface area (Å²) in [6.07, 6.45) is 4.91. The van der Waals surface area contributed by atoms with E-state index in [1.54, 1.807) is 0 Å². The van der Waals surface area contributed by atoms with Crippen LogP contribution in [0.1, 0.15) is 36.0 Å².